The smallest absolute Gasteiger partial charge is 0.147 e. The van der Waals surface area contributed by atoms with Gasteiger partial charge in [-0.3, -0.25) is 5.41 Å². The van der Waals surface area contributed by atoms with Crippen molar-refractivity contribution in [1.29, 1.82) is 5.41 Å². The average molecular weight is 481 g/mol. The zero-order valence-electron chi connectivity index (χ0n) is 19.2. The van der Waals surface area contributed by atoms with Gasteiger partial charge < -0.3 is 16.0 Å². The highest BCUT2D eigenvalue weighted by Crippen LogP contribution is 2.39. The van der Waals surface area contributed by atoms with Crippen LogP contribution in [0.15, 0.2) is 91.4 Å². The summed E-state index contributed by atoms with van der Waals surface area (Å²) in [6.07, 6.45) is 3.09. The van der Waals surface area contributed by atoms with Gasteiger partial charge in [-0.2, -0.15) is 0 Å². The zero-order chi connectivity index (χ0) is 25.2. The van der Waals surface area contributed by atoms with Gasteiger partial charge in [0.15, 0.2) is 0 Å². The lowest BCUT2D eigenvalue weighted by Crippen LogP contribution is -2.29. The van der Waals surface area contributed by atoms with Crippen molar-refractivity contribution in [3.05, 3.63) is 125 Å². The molecule has 0 bridgehead atoms. The number of nitrogens with one attached hydrogen (secondary N) is 2. The van der Waals surface area contributed by atoms with E-state index in [2.05, 4.69) is 21.9 Å². The molecule has 0 unspecified atom stereocenters. The summed E-state index contributed by atoms with van der Waals surface area (Å²) in [5.41, 5.74) is 9.41. The van der Waals surface area contributed by atoms with Gasteiger partial charge in [-0.15, -0.1) is 0 Å². The van der Waals surface area contributed by atoms with E-state index >= 15 is 0 Å². The number of hydrogen-bond acceptors (Lipinski definition) is 6. The molecule has 0 amide bonds. The largest absolute Gasteiger partial charge is 0.383 e. The van der Waals surface area contributed by atoms with E-state index in [0.29, 0.717) is 39.5 Å². The minimum absolute atomic E-state index is 0.154. The van der Waals surface area contributed by atoms with Crippen molar-refractivity contribution in [3.63, 3.8) is 0 Å². The van der Waals surface area contributed by atoms with E-state index in [-0.39, 0.29) is 23.8 Å². The van der Waals surface area contributed by atoms with E-state index in [1.165, 1.54) is 18.5 Å². The van der Waals surface area contributed by atoms with Crippen molar-refractivity contribution >= 4 is 34.8 Å². The SMILES string of the molecule is C=C1c2c(F)cccc2C=C(CNc2ncnc(N)c2C(=N)c2ccccc2)N1c1ccccc1F. The fourth-order valence-corrected chi connectivity index (χ4v) is 4.26. The molecule has 6 nitrogen and oxygen atoms in total. The normalized spacial score (nSPS) is 12.7. The molecule has 1 aliphatic heterocycles. The van der Waals surface area contributed by atoms with Crippen molar-refractivity contribution in [2.75, 3.05) is 22.5 Å². The lowest BCUT2D eigenvalue weighted by atomic mass is 9.97. The van der Waals surface area contributed by atoms with Crippen molar-refractivity contribution in [2.24, 2.45) is 0 Å². The summed E-state index contributed by atoms with van der Waals surface area (Å²) in [6, 6.07) is 20.1. The standard InChI is InChI=1S/C28H22F2N6/c1-17-24-19(10-7-12-22(24)30)14-20(36(17)23-13-6-5-11-21(23)29)15-33-28-25(27(32)34-16-35-28)26(31)18-8-3-2-4-9-18/h2-14,16,31H,1,15H2,(H3,32,33,34,35). The second-order valence-corrected chi connectivity index (χ2v) is 8.15. The van der Waals surface area contributed by atoms with Gasteiger partial charge in [-0.25, -0.2) is 18.7 Å². The summed E-state index contributed by atoms with van der Waals surface area (Å²) in [6.45, 7) is 4.25. The van der Waals surface area contributed by atoms with Crippen LogP contribution in [0.3, 0.4) is 0 Å². The van der Waals surface area contributed by atoms with E-state index in [4.69, 9.17) is 11.1 Å². The third-order valence-corrected chi connectivity index (χ3v) is 5.93. The number of hydrogen-bond donors (Lipinski definition) is 3. The highest BCUT2D eigenvalue weighted by atomic mass is 19.1. The van der Waals surface area contributed by atoms with Crippen LogP contribution in [0.25, 0.3) is 11.8 Å². The molecular weight excluding hydrogens is 458 g/mol. The molecule has 0 fully saturated rings. The van der Waals surface area contributed by atoms with Crippen LogP contribution in [-0.2, 0) is 0 Å². The number of nitrogens with two attached hydrogens (primary N) is 1. The number of fused-ring (bicyclic) bond motifs is 1. The van der Waals surface area contributed by atoms with Gasteiger partial charge in [0.05, 0.1) is 23.5 Å². The highest BCUT2D eigenvalue weighted by molar-refractivity contribution is 6.16. The monoisotopic (exact) mass is 480 g/mol. The van der Waals surface area contributed by atoms with Gasteiger partial charge in [0.25, 0.3) is 0 Å². The second-order valence-electron chi connectivity index (χ2n) is 8.15. The van der Waals surface area contributed by atoms with E-state index in [0.717, 1.165) is 0 Å². The fraction of sp³-hybridized carbons (Fsp3) is 0.0357. The van der Waals surface area contributed by atoms with E-state index in [1.54, 1.807) is 53.4 Å². The third-order valence-electron chi connectivity index (χ3n) is 5.93. The Balaban J connectivity index is 1.55. The molecule has 8 heteroatoms. The Hall–Kier alpha value is -4.85. The Labute approximate surface area is 207 Å². The predicted octanol–water partition coefficient (Wildman–Crippen LogP) is 5.70. The fourth-order valence-electron chi connectivity index (χ4n) is 4.26. The van der Waals surface area contributed by atoms with Gasteiger partial charge in [0.1, 0.15) is 29.6 Å². The van der Waals surface area contributed by atoms with Crippen LogP contribution >= 0.6 is 0 Å². The molecular formula is C28H22F2N6. The molecule has 5 rings (SSSR count). The van der Waals surface area contributed by atoms with Crippen molar-refractivity contribution in [2.45, 2.75) is 0 Å². The number of benzene rings is 3. The maximum absolute atomic E-state index is 14.9. The molecule has 4 N–H and O–H groups in total. The lowest BCUT2D eigenvalue weighted by molar-refractivity contribution is 0.619. The number of halogens is 2. The molecule has 36 heavy (non-hydrogen) atoms. The Kier molecular flexibility index (Phi) is 6.00. The Bertz CT molecular complexity index is 1510. The molecule has 0 atom stereocenters. The minimum Gasteiger partial charge on any atom is -0.383 e. The molecule has 0 radical (unpaired) electrons. The van der Waals surface area contributed by atoms with Crippen LogP contribution in [0, 0.1) is 17.0 Å². The molecule has 0 saturated carbocycles. The summed E-state index contributed by atoms with van der Waals surface area (Å²) < 4.78 is 29.6. The Morgan fingerprint density at radius 3 is 2.44 bits per heavy atom. The molecule has 1 aliphatic rings. The van der Waals surface area contributed by atoms with E-state index in [1.807, 2.05) is 18.2 Å². The minimum atomic E-state index is -0.470. The number of rotatable bonds is 6. The second kappa shape index (κ2) is 9.42. The Morgan fingerprint density at radius 1 is 0.944 bits per heavy atom. The number of nitrogen functional groups attached to an aromatic ring is 1. The van der Waals surface area contributed by atoms with Gasteiger partial charge >= 0.3 is 0 Å². The van der Waals surface area contributed by atoms with Crippen molar-refractivity contribution in [1.82, 2.24) is 9.97 Å². The summed E-state index contributed by atoms with van der Waals surface area (Å²) in [7, 11) is 0. The molecule has 2 heterocycles. The van der Waals surface area contributed by atoms with Gasteiger partial charge in [-0.05, 0) is 29.8 Å². The van der Waals surface area contributed by atoms with Gasteiger partial charge in [0, 0.05) is 22.5 Å². The van der Waals surface area contributed by atoms with Crippen LogP contribution < -0.4 is 16.0 Å². The number of aromatic nitrogens is 2. The Morgan fingerprint density at radius 2 is 1.67 bits per heavy atom. The molecule has 4 aromatic rings. The van der Waals surface area contributed by atoms with Gasteiger partial charge in [-0.1, -0.05) is 61.2 Å². The summed E-state index contributed by atoms with van der Waals surface area (Å²) in [5, 5.41) is 11.9. The summed E-state index contributed by atoms with van der Waals surface area (Å²) >= 11 is 0. The van der Waals surface area contributed by atoms with Crippen molar-refractivity contribution < 1.29 is 8.78 Å². The first kappa shape index (κ1) is 22.9. The first-order valence-corrected chi connectivity index (χ1v) is 11.2. The molecule has 0 spiro atoms. The predicted molar refractivity (Wildman–Crippen MR) is 140 cm³/mol. The molecule has 1 aromatic heterocycles. The number of nitrogens with zero attached hydrogens (tertiary/aromatic N) is 3. The van der Waals surface area contributed by atoms with E-state index < -0.39 is 11.6 Å². The van der Waals surface area contributed by atoms with Crippen molar-refractivity contribution in [3.8, 4) is 0 Å². The molecule has 0 saturated heterocycles. The zero-order valence-corrected chi connectivity index (χ0v) is 19.2. The quantitative estimate of drug-likeness (QED) is 0.308. The van der Waals surface area contributed by atoms with Crippen LogP contribution in [0.1, 0.15) is 22.3 Å². The van der Waals surface area contributed by atoms with E-state index in [9.17, 15) is 8.78 Å². The van der Waals surface area contributed by atoms with Crippen LogP contribution in [0.5, 0.6) is 0 Å². The lowest BCUT2D eigenvalue weighted by Gasteiger charge is -2.34. The maximum Gasteiger partial charge on any atom is 0.147 e. The van der Waals surface area contributed by atoms with Crippen LogP contribution in [0.4, 0.5) is 26.1 Å². The molecule has 178 valence electrons. The number of anilines is 3. The maximum atomic E-state index is 14.9. The highest BCUT2D eigenvalue weighted by Gasteiger charge is 2.28. The first-order chi connectivity index (χ1) is 17.5. The first-order valence-electron chi connectivity index (χ1n) is 11.2. The third kappa shape index (κ3) is 4.09. The van der Waals surface area contributed by atoms with Crippen LogP contribution in [0.2, 0.25) is 0 Å². The van der Waals surface area contributed by atoms with Crippen LogP contribution in [-0.4, -0.2) is 22.2 Å². The average Bonchev–Trinajstić information content (AvgIpc) is 2.88. The molecule has 3 aromatic carbocycles. The van der Waals surface area contributed by atoms with Gasteiger partial charge in [0.2, 0.25) is 0 Å². The summed E-state index contributed by atoms with van der Waals surface area (Å²) in [5.74, 6) is -0.408. The summed E-state index contributed by atoms with van der Waals surface area (Å²) in [4.78, 5) is 9.96. The topological polar surface area (TPSA) is 90.9 Å². The molecule has 0 aliphatic carbocycles. The number of para-hydroxylation sites is 1.